The summed E-state index contributed by atoms with van der Waals surface area (Å²) >= 11 is 5.94. The van der Waals surface area contributed by atoms with E-state index in [1.807, 2.05) is 0 Å². The van der Waals surface area contributed by atoms with Crippen LogP contribution in [0.15, 0.2) is 71.6 Å². The Bertz CT molecular complexity index is 1150. The van der Waals surface area contributed by atoms with Crippen LogP contribution in [0.4, 0.5) is 11.4 Å². The number of sulfonamides is 1. The highest BCUT2D eigenvalue weighted by atomic mass is 35.5. The molecule has 1 amide bonds. The zero-order valence-electron chi connectivity index (χ0n) is 15.8. The number of hydrogen-bond donors (Lipinski definition) is 2. The lowest BCUT2D eigenvalue weighted by Crippen LogP contribution is -2.17. The predicted molar refractivity (Wildman–Crippen MR) is 114 cm³/mol. The molecule has 0 saturated carbocycles. The molecular weight excluding hydrogens is 412 g/mol. The maximum absolute atomic E-state index is 12.8. The monoisotopic (exact) mass is 430 g/mol. The number of hydrogen-bond acceptors (Lipinski definition) is 4. The summed E-state index contributed by atoms with van der Waals surface area (Å²) in [4.78, 5) is 12.7. The Hall–Kier alpha value is -3.03. The first-order valence-corrected chi connectivity index (χ1v) is 10.5. The molecule has 3 aromatic carbocycles. The van der Waals surface area contributed by atoms with Gasteiger partial charge in [-0.05, 0) is 67.1 Å². The third-order valence-electron chi connectivity index (χ3n) is 4.19. The summed E-state index contributed by atoms with van der Waals surface area (Å²) in [7, 11) is -2.35. The highest BCUT2D eigenvalue weighted by Gasteiger charge is 2.18. The minimum atomic E-state index is -3.88. The summed E-state index contributed by atoms with van der Waals surface area (Å²) in [5, 5.41) is 3.21. The fraction of sp³-hybridized carbons (Fsp3) is 0.0952. The predicted octanol–water partition coefficient (Wildman–Crippen LogP) is 4.71. The van der Waals surface area contributed by atoms with Crippen molar-refractivity contribution in [2.45, 2.75) is 11.8 Å². The molecule has 0 aliphatic carbocycles. The summed E-state index contributed by atoms with van der Waals surface area (Å²) in [6.07, 6.45) is 0. The van der Waals surface area contributed by atoms with Gasteiger partial charge in [0.2, 0.25) is 0 Å². The standard InChI is InChI=1S/C21H19ClN2O4S/c1-14-6-11-19(29(26,27)24-16-7-9-18(28-2)10-8-16)13-20(14)21(25)23-17-5-3-4-15(22)12-17/h3-13,24H,1-2H3,(H,23,25). The molecule has 29 heavy (non-hydrogen) atoms. The van der Waals surface area contributed by atoms with Crippen LogP contribution in [0.3, 0.4) is 0 Å². The van der Waals surface area contributed by atoms with E-state index in [9.17, 15) is 13.2 Å². The minimum absolute atomic E-state index is 0.0184. The van der Waals surface area contributed by atoms with Crippen molar-refractivity contribution in [3.63, 3.8) is 0 Å². The number of carbonyl (C=O) groups excluding carboxylic acids is 1. The number of anilines is 2. The Labute approximate surface area is 174 Å². The molecule has 0 fully saturated rings. The van der Waals surface area contributed by atoms with Crippen molar-refractivity contribution < 1.29 is 17.9 Å². The van der Waals surface area contributed by atoms with Gasteiger partial charge >= 0.3 is 0 Å². The molecule has 0 heterocycles. The van der Waals surface area contributed by atoms with E-state index in [0.29, 0.717) is 27.7 Å². The normalized spacial score (nSPS) is 11.0. The van der Waals surface area contributed by atoms with Crippen LogP contribution >= 0.6 is 11.6 Å². The van der Waals surface area contributed by atoms with Crippen LogP contribution in [0.5, 0.6) is 5.75 Å². The number of halogens is 1. The summed E-state index contributed by atoms with van der Waals surface area (Å²) in [6, 6.07) is 17.6. The molecule has 3 aromatic rings. The van der Waals surface area contributed by atoms with Gasteiger partial charge in [0.15, 0.2) is 0 Å². The second-order valence-corrected chi connectivity index (χ2v) is 8.39. The number of nitrogens with one attached hydrogen (secondary N) is 2. The van der Waals surface area contributed by atoms with Crippen molar-refractivity contribution >= 4 is 38.9 Å². The topological polar surface area (TPSA) is 84.5 Å². The molecule has 0 bridgehead atoms. The molecule has 0 aliphatic heterocycles. The smallest absolute Gasteiger partial charge is 0.261 e. The molecule has 3 rings (SSSR count). The number of ether oxygens (including phenoxy) is 1. The summed E-state index contributed by atoms with van der Waals surface area (Å²) in [6.45, 7) is 1.74. The van der Waals surface area contributed by atoms with Gasteiger partial charge in [-0.25, -0.2) is 8.42 Å². The van der Waals surface area contributed by atoms with E-state index in [2.05, 4.69) is 10.0 Å². The van der Waals surface area contributed by atoms with Crippen LogP contribution in [0, 0.1) is 6.92 Å². The largest absolute Gasteiger partial charge is 0.497 e. The van der Waals surface area contributed by atoms with E-state index in [0.717, 1.165) is 0 Å². The number of methoxy groups -OCH3 is 1. The fourth-order valence-corrected chi connectivity index (χ4v) is 3.93. The van der Waals surface area contributed by atoms with Crippen molar-refractivity contribution in [1.82, 2.24) is 0 Å². The number of aryl methyl sites for hydroxylation is 1. The van der Waals surface area contributed by atoms with Crippen LogP contribution in [-0.2, 0) is 10.0 Å². The molecule has 0 radical (unpaired) electrons. The Morgan fingerprint density at radius 1 is 0.966 bits per heavy atom. The maximum Gasteiger partial charge on any atom is 0.261 e. The van der Waals surface area contributed by atoms with E-state index >= 15 is 0 Å². The molecule has 0 spiro atoms. The molecule has 0 aliphatic rings. The lowest BCUT2D eigenvalue weighted by atomic mass is 10.1. The quantitative estimate of drug-likeness (QED) is 0.593. The first-order valence-electron chi connectivity index (χ1n) is 8.63. The second-order valence-electron chi connectivity index (χ2n) is 6.28. The zero-order valence-corrected chi connectivity index (χ0v) is 17.3. The summed E-state index contributed by atoms with van der Waals surface area (Å²) in [5.41, 5.74) is 1.80. The Balaban J connectivity index is 1.85. The van der Waals surface area contributed by atoms with E-state index in [1.165, 1.54) is 19.2 Å². The van der Waals surface area contributed by atoms with Crippen molar-refractivity contribution in [2.24, 2.45) is 0 Å². The van der Waals surface area contributed by atoms with Crippen molar-refractivity contribution in [2.75, 3.05) is 17.1 Å². The van der Waals surface area contributed by atoms with E-state index in [-0.39, 0.29) is 10.5 Å². The van der Waals surface area contributed by atoms with Gasteiger partial charge in [-0.15, -0.1) is 0 Å². The highest BCUT2D eigenvalue weighted by molar-refractivity contribution is 7.92. The number of amides is 1. The van der Waals surface area contributed by atoms with E-state index in [1.54, 1.807) is 61.5 Å². The molecule has 2 N–H and O–H groups in total. The van der Waals surface area contributed by atoms with Gasteiger partial charge in [0.25, 0.3) is 15.9 Å². The van der Waals surface area contributed by atoms with Crippen LogP contribution in [0.25, 0.3) is 0 Å². The Morgan fingerprint density at radius 3 is 2.34 bits per heavy atom. The molecular formula is C21H19ClN2O4S. The molecule has 150 valence electrons. The zero-order chi connectivity index (χ0) is 21.0. The molecule has 6 nitrogen and oxygen atoms in total. The van der Waals surface area contributed by atoms with Gasteiger partial charge < -0.3 is 10.1 Å². The van der Waals surface area contributed by atoms with Gasteiger partial charge in [0.05, 0.1) is 12.0 Å². The lowest BCUT2D eigenvalue weighted by molar-refractivity contribution is 0.102. The average Bonchev–Trinajstić information content (AvgIpc) is 2.68. The average molecular weight is 431 g/mol. The van der Waals surface area contributed by atoms with E-state index in [4.69, 9.17) is 16.3 Å². The SMILES string of the molecule is COc1ccc(NS(=O)(=O)c2ccc(C)c(C(=O)Nc3cccc(Cl)c3)c2)cc1. The number of carbonyl (C=O) groups is 1. The second kappa shape index (κ2) is 8.55. The first-order chi connectivity index (χ1) is 13.8. The van der Waals surface area contributed by atoms with E-state index < -0.39 is 15.9 Å². The third kappa shape index (κ3) is 5.07. The van der Waals surface area contributed by atoms with Crippen LogP contribution in [0.2, 0.25) is 5.02 Å². The fourth-order valence-electron chi connectivity index (χ4n) is 2.65. The maximum atomic E-state index is 12.8. The minimum Gasteiger partial charge on any atom is -0.497 e. The van der Waals surface area contributed by atoms with Gasteiger partial charge in [0.1, 0.15) is 5.75 Å². The van der Waals surface area contributed by atoms with Crippen LogP contribution in [0.1, 0.15) is 15.9 Å². The summed E-state index contributed by atoms with van der Waals surface area (Å²) in [5.74, 6) is 0.189. The Morgan fingerprint density at radius 2 is 1.69 bits per heavy atom. The highest BCUT2D eigenvalue weighted by Crippen LogP contribution is 2.22. The van der Waals surface area contributed by atoms with Crippen molar-refractivity contribution in [3.05, 3.63) is 82.9 Å². The van der Waals surface area contributed by atoms with Gasteiger partial charge in [-0.1, -0.05) is 23.7 Å². The number of benzene rings is 3. The third-order valence-corrected chi connectivity index (χ3v) is 5.80. The summed E-state index contributed by atoms with van der Waals surface area (Å²) < 4.78 is 33.1. The van der Waals surface area contributed by atoms with Gasteiger partial charge in [0, 0.05) is 22.0 Å². The molecule has 0 atom stereocenters. The van der Waals surface area contributed by atoms with Crippen molar-refractivity contribution in [1.29, 1.82) is 0 Å². The van der Waals surface area contributed by atoms with Gasteiger partial charge in [-0.2, -0.15) is 0 Å². The molecule has 0 unspecified atom stereocenters. The van der Waals surface area contributed by atoms with Gasteiger partial charge in [-0.3, -0.25) is 9.52 Å². The van der Waals surface area contributed by atoms with Crippen LogP contribution in [-0.4, -0.2) is 21.4 Å². The van der Waals surface area contributed by atoms with Crippen LogP contribution < -0.4 is 14.8 Å². The lowest BCUT2D eigenvalue weighted by Gasteiger charge is -2.12. The first kappa shape index (κ1) is 20.7. The Kier molecular flexibility index (Phi) is 6.10. The van der Waals surface area contributed by atoms with Crippen molar-refractivity contribution in [3.8, 4) is 5.75 Å². The molecule has 0 aromatic heterocycles. The molecule has 8 heteroatoms. The number of rotatable bonds is 6. The molecule has 0 saturated heterocycles.